The molecule has 0 atom stereocenters. The Kier molecular flexibility index (Phi) is 5.77. The zero-order valence-electron chi connectivity index (χ0n) is 13.9. The van der Waals surface area contributed by atoms with Gasteiger partial charge in [0.25, 0.3) is 0 Å². The van der Waals surface area contributed by atoms with Crippen LogP contribution in [0.1, 0.15) is 36.8 Å². The minimum atomic E-state index is -0.829. The molecule has 0 bridgehead atoms. The van der Waals surface area contributed by atoms with Crippen LogP contribution in [0.4, 0.5) is 0 Å². The molecule has 0 saturated carbocycles. The lowest BCUT2D eigenvalue weighted by molar-refractivity contribution is -0.141. The first kappa shape index (κ1) is 17.5. The Labute approximate surface area is 137 Å². The first-order valence-electron chi connectivity index (χ1n) is 8.08. The summed E-state index contributed by atoms with van der Waals surface area (Å²) < 4.78 is 5.46. The molecule has 23 heavy (non-hydrogen) atoms. The first-order chi connectivity index (χ1) is 11.0. The average Bonchev–Trinajstić information content (AvgIpc) is 2.55. The Bertz CT molecular complexity index is 547. The SMILES string of the molecule is Cc1ccc(C2(C(=O)N(C)CCCC(=O)O)CCOCC2)cc1. The van der Waals surface area contributed by atoms with E-state index in [1.54, 1.807) is 11.9 Å². The average molecular weight is 319 g/mol. The fourth-order valence-corrected chi connectivity index (χ4v) is 3.15. The van der Waals surface area contributed by atoms with Crippen molar-refractivity contribution in [1.29, 1.82) is 0 Å². The van der Waals surface area contributed by atoms with E-state index in [9.17, 15) is 9.59 Å². The number of hydrogen-bond acceptors (Lipinski definition) is 3. The predicted octanol–water partition coefficient (Wildman–Crippen LogP) is 2.37. The zero-order chi connectivity index (χ0) is 16.9. The Morgan fingerprint density at radius 1 is 1.22 bits per heavy atom. The van der Waals surface area contributed by atoms with Crippen LogP contribution in [-0.4, -0.2) is 48.7 Å². The predicted molar refractivity (Wildman–Crippen MR) is 87.4 cm³/mol. The third-order valence-electron chi connectivity index (χ3n) is 4.59. The molecular weight excluding hydrogens is 294 g/mol. The number of aryl methyl sites for hydroxylation is 1. The second kappa shape index (κ2) is 7.59. The molecule has 126 valence electrons. The van der Waals surface area contributed by atoms with Gasteiger partial charge in [0.05, 0.1) is 5.41 Å². The van der Waals surface area contributed by atoms with Crippen molar-refractivity contribution in [3.63, 3.8) is 0 Å². The molecule has 1 aromatic carbocycles. The molecule has 0 spiro atoms. The number of hydrogen-bond donors (Lipinski definition) is 1. The summed E-state index contributed by atoms with van der Waals surface area (Å²) in [5, 5.41) is 8.75. The van der Waals surface area contributed by atoms with Crippen LogP contribution in [0.2, 0.25) is 0 Å². The van der Waals surface area contributed by atoms with Gasteiger partial charge in [0.15, 0.2) is 0 Å². The van der Waals surface area contributed by atoms with E-state index in [4.69, 9.17) is 9.84 Å². The van der Waals surface area contributed by atoms with Crippen molar-refractivity contribution in [2.24, 2.45) is 0 Å². The number of carbonyl (C=O) groups excluding carboxylic acids is 1. The third kappa shape index (κ3) is 4.10. The number of carbonyl (C=O) groups is 2. The van der Waals surface area contributed by atoms with Crippen molar-refractivity contribution in [2.45, 2.75) is 38.0 Å². The van der Waals surface area contributed by atoms with Crippen molar-refractivity contribution in [3.8, 4) is 0 Å². The monoisotopic (exact) mass is 319 g/mol. The minimum absolute atomic E-state index is 0.0649. The maximum atomic E-state index is 13.1. The lowest BCUT2D eigenvalue weighted by atomic mass is 9.73. The molecule has 1 amide bonds. The van der Waals surface area contributed by atoms with Gasteiger partial charge in [-0.15, -0.1) is 0 Å². The highest BCUT2D eigenvalue weighted by Crippen LogP contribution is 2.36. The van der Waals surface area contributed by atoms with E-state index in [0.29, 0.717) is 39.0 Å². The molecule has 1 aromatic rings. The molecule has 5 nitrogen and oxygen atoms in total. The van der Waals surface area contributed by atoms with E-state index in [0.717, 1.165) is 5.56 Å². The Hall–Kier alpha value is -1.88. The highest BCUT2D eigenvalue weighted by atomic mass is 16.5. The van der Waals surface area contributed by atoms with Gasteiger partial charge in [-0.25, -0.2) is 0 Å². The molecule has 1 N–H and O–H groups in total. The van der Waals surface area contributed by atoms with E-state index < -0.39 is 11.4 Å². The van der Waals surface area contributed by atoms with E-state index in [2.05, 4.69) is 0 Å². The molecule has 0 aromatic heterocycles. The van der Waals surface area contributed by atoms with Gasteiger partial charge >= 0.3 is 5.97 Å². The normalized spacial score (nSPS) is 16.8. The van der Waals surface area contributed by atoms with Crippen molar-refractivity contribution in [3.05, 3.63) is 35.4 Å². The number of carboxylic acid groups (broad SMARTS) is 1. The molecule has 0 unspecified atom stereocenters. The Morgan fingerprint density at radius 2 is 1.83 bits per heavy atom. The molecule has 1 fully saturated rings. The zero-order valence-corrected chi connectivity index (χ0v) is 13.9. The molecule has 0 radical (unpaired) electrons. The van der Waals surface area contributed by atoms with Crippen LogP contribution in [0.5, 0.6) is 0 Å². The number of aliphatic carboxylic acids is 1. The molecule has 5 heteroatoms. The van der Waals surface area contributed by atoms with Crippen molar-refractivity contribution < 1.29 is 19.4 Å². The summed E-state index contributed by atoms with van der Waals surface area (Å²) in [6.07, 6.45) is 1.88. The standard InChI is InChI=1S/C18H25NO4/c1-14-5-7-15(8-6-14)18(9-12-23-13-10-18)17(22)19(2)11-3-4-16(20)21/h5-8H,3-4,9-13H2,1-2H3,(H,20,21). The largest absolute Gasteiger partial charge is 0.481 e. The summed E-state index contributed by atoms with van der Waals surface area (Å²) in [6, 6.07) is 8.13. The maximum Gasteiger partial charge on any atom is 0.303 e. The highest BCUT2D eigenvalue weighted by Gasteiger charge is 2.43. The fourth-order valence-electron chi connectivity index (χ4n) is 3.15. The minimum Gasteiger partial charge on any atom is -0.481 e. The van der Waals surface area contributed by atoms with Gasteiger partial charge in [-0.3, -0.25) is 9.59 Å². The lowest BCUT2D eigenvalue weighted by Crippen LogP contribution is -2.49. The smallest absolute Gasteiger partial charge is 0.303 e. The van der Waals surface area contributed by atoms with Gasteiger partial charge in [0.1, 0.15) is 0 Å². The number of rotatable bonds is 6. The summed E-state index contributed by atoms with van der Waals surface area (Å²) in [4.78, 5) is 25.4. The lowest BCUT2D eigenvalue weighted by Gasteiger charge is -2.39. The fraction of sp³-hybridized carbons (Fsp3) is 0.556. The van der Waals surface area contributed by atoms with Crippen molar-refractivity contribution >= 4 is 11.9 Å². The summed E-state index contributed by atoms with van der Waals surface area (Å²) >= 11 is 0. The van der Waals surface area contributed by atoms with E-state index in [1.807, 2.05) is 31.2 Å². The van der Waals surface area contributed by atoms with Gasteiger partial charge in [-0.2, -0.15) is 0 Å². The van der Waals surface area contributed by atoms with E-state index in [1.165, 1.54) is 5.56 Å². The Balaban J connectivity index is 2.18. The second-order valence-corrected chi connectivity index (χ2v) is 6.28. The van der Waals surface area contributed by atoms with Crippen LogP contribution in [0, 0.1) is 6.92 Å². The maximum absolute atomic E-state index is 13.1. The van der Waals surface area contributed by atoms with E-state index in [-0.39, 0.29) is 12.3 Å². The number of nitrogens with zero attached hydrogens (tertiary/aromatic N) is 1. The second-order valence-electron chi connectivity index (χ2n) is 6.28. The van der Waals surface area contributed by atoms with Crippen molar-refractivity contribution in [2.75, 3.05) is 26.8 Å². The molecule has 0 aliphatic carbocycles. The summed E-state index contributed by atoms with van der Waals surface area (Å²) in [5.41, 5.74) is 1.64. The molecule has 1 aliphatic rings. The first-order valence-corrected chi connectivity index (χ1v) is 8.08. The quantitative estimate of drug-likeness (QED) is 0.874. The van der Waals surface area contributed by atoms with Gasteiger partial charge in [-0.05, 0) is 31.7 Å². The highest BCUT2D eigenvalue weighted by molar-refractivity contribution is 5.88. The summed E-state index contributed by atoms with van der Waals surface area (Å²) in [6.45, 7) is 3.63. The van der Waals surface area contributed by atoms with E-state index >= 15 is 0 Å². The van der Waals surface area contributed by atoms with Gasteiger partial charge in [0, 0.05) is 33.2 Å². The summed E-state index contributed by atoms with van der Waals surface area (Å²) in [7, 11) is 1.76. The van der Waals surface area contributed by atoms with Gasteiger partial charge in [-0.1, -0.05) is 29.8 Å². The van der Waals surface area contributed by atoms with Crippen molar-refractivity contribution in [1.82, 2.24) is 4.90 Å². The molecule has 1 heterocycles. The number of likely N-dealkylation sites (N-methyl/N-ethyl adjacent to an activating group) is 1. The molecule has 2 rings (SSSR count). The van der Waals surface area contributed by atoms with Crippen LogP contribution in [0.25, 0.3) is 0 Å². The number of carboxylic acids is 1. The van der Waals surface area contributed by atoms with Gasteiger partial charge < -0.3 is 14.7 Å². The number of benzene rings is 1. The van der Waals surface area contributed by atoms with Crippen LogP contribution in [0.15, 0.2) is 24.3 Å². The molecule has 1 saturated heterocycles. The Morgan fingerprint density at radius 3 is 2.39 bits per heavy atom. The van der Waals surface area contributed by atoms with Gasteiger partial charge in [0.2, 0.25) is 5.91 Å². The topological polar surface area (TPSA) is 66.8 Å². The van der Waals surface area contributed by atoms with Crippen LogP contribution in [-0.2, 0) is 19.7 Å². The number of amides is 1. The number of ether oxygens (including phenoxy) is 1. The molecule has 1 aliphatic heterocycles. The van der Waals surface area contributed by atoms with Crippen LogP contribution >= 0.6 is 0 Å². The summed E-state index contributed by atoms with van der Waals surface area (Å²) in [5.74, 6) is -0.764. The van der Waals surface area contributed by atoms with Crippen LogP contribution < -0.4 is 0 Å². The van der Waals surface area contributed by atoms with Crippen LogP contribution in [0.3, 0.4) is 0 Å². The molecular formula is C18H25NO4. The third-order valence-corrected chi connectivity index (χ3v) is 4.59.